The Labute approximate surface area is 191 Å². The third-order valence-electron chi connectivity index (χ3n) is 6.01. The summed E-state index contributed by atoms with van der Waals surface area (Å²) in [7, 11) is 0. The van der Waals surface area contributed by atoms with Crippen LogP contribution >= 0.6 is 23.7 Å². The second kappa shape index (κ2) is 9.34. The standard InChI is InChI=1S/C23H24N4O2S.ClH/c28-22-17-5-1-2-6-18(17)23(29)27(22)11-4-3-10-25-12-14-26(15-13-25)21-19-8-16-30-20(19)7-9-24-21;/h1-2,5-9,16H,3-4,10-15H2;1H. The topological polar surface area (TPSA) is 56.8 Å². The van der Waals surface area contributed by atoms with E-state index >= 15 is 0 Å². The lowest BCUT2D eigenvalue weighted by Crippen LogP contribution is -2.47. The summed E-state index contributed by atoms with van der Waals surface area (Å²) in [5, 5.41) is 3.37. The maximum Gasteiger partial charge on any atom is 0.261 e. The van der Waals surface area contributed by atoms with Crippen molar-refractivity contribution in [3.8, 4) is 0 Å². The molecule has 0 spiro atoms. The number of thiophene rings is 1. The molecule has 2 aliphatic heterocycles. The third-order valence-corrected chi connectivity index (χ3v) is 6.90. The van der Waals surface area contributed by atoms with Crippen LogP contribution in [0.1, 0.15) is 33.6 Å². The molecular formula is C23H25ClN4O2S. The molecule has 0 saturated carbocycles. The molecular weight excluding hydrogens is 432 g/mol. The van der Waals surface area contributed by atoms with Crippen molar-refractivity contribution in [2.75, 3.05) is 44.2 Å². The molecule has 0 atom stereocenters. The zero-order chi connectivity index (χ0) is 20.5. The molecule has 1 saturated heterocycles. The Bertz CT molecular complexity index is 1060. The Morgan fingerprint density at radius 3 is 2.26 bits per heavy atom. The molecule has 31 heavy (non-hydrogen) atoms. The van der Waals surface area contributed by atoms with E-state index in [2.05, 4.69) is 32.3 Å². The van der Waals surface area contributed by atoms with E-state index in [1.54, 1.807) is 23.5 Å². The van der Waals surface area contributed by atoms with Gasteiger partial charge in [-0.25, -0.2) is 4.98 Å². The first-order valence-corrected chi connectivity index (χ1v) is 11.3. The predicted octanol–water partition coefficient (Wildman–Crippen LogP) is 3.92. The van der Waals surface area contributed by atoms with Crippen LogP contribution in [0.4, 0.5) is 5.82 Å². The van der Waals surface area contributed by atoms with E-state index in [1.807, 2.05) is 18.3 Å². The molecule has 2 aromatic heterocycles. The van der Waals surface area contributed by atoms with E-state index in [9.17, 15) is 9.59 Å². The quantitative estimate of drug-likeness (QED) is 0.415. The van der Waals surface area contributed by atoms with Crippen LogP contribution in [0.5, 0.6) is 0 Å². The first-order chi connectivity index (χ1) is 14.7. The van der Waals surface area contributed by atoms with Crippen LogP contribution in [-0.2, 0) is 0 Å². The van der Waals surface area contributed by atoms with Gasteiger partial charge in [0.1, 0.15) is 5.82 Å². The van der Waals surface area contributed by atoms with Gasteiger partial charge in [0, 0.05) is 49.0 Å². The van der Waals surface area contributed by atoms with E-state index < -0.39 is 0 Å². The van der Waals surface area contributed by atoms with Crippen molar-refractivity contribution in [2.45, 2.75) is 12.8 Å². The van der Waals surface area contributed by atoms with Crippen molar-refractivity contribution in [1.29, 1.82) is 0 Å². The maximum atomic E-state index is 12.4. The second-order valence-corrected chi connectivity index (χ2v) is 8.76. The number of piperazine rings is 1. The molecule has 1 fully saturated rings. The van der Waals surface area contributed by atoms with Crippen LogP contribution in [0, 0.1) is 0 Å². The van der Waals surface area contributed by atoms with Crippen molar-refractivity contribution in [1.82, 2.24) is 14.8 Å². The molecule has 0 radical (unpaired) electrons. The van der Waals surface area contributed by atoms with Gasteiger partial charge in [-0.1, -0.05) is 12.1 Å². The lowest BCUT2D eigenvalue weighted by molar-refractivity contribution is 0.0650. The Morgan fingerprint density at radius 1 is 0.871 bits per heavy atom. The first kappa shape index (κ1) is 21.7. The molecule has 2 aliphatic rings. The van der Waals surface area contributed by atoms with Gasteiger partial charge in [0.15, 0.2) is 0 Å². The molecule has 0 bridgehead atoms. The summed E-state index contributed by atoms with van der Waals surface area (Å²) in [6, 6.07) is 11.3. The van der Waals surface area contributed by atoms with Crippen molar-refractivity contribution < 1.29 is 9.59 Å². The zero-order valence-electron chi connectivity index (χ0n) is 17.2. The monoisotopic (exact) mass is 456 g/mol. The van der Waals surface area contributed by atoms with Gasteiger partial charge < -0.3 is 4.90 Å². The normalized spacial score (nSPS) is 16.6. The number of halogens is 1. The van der Waals surface area contributed by atoms with Gasteiger partial charge in [0.25, 0.3) is 11.8 Å². The van der Waals surface area contributed by atoms with Crippen LogP contribution in [0.2, 0.25) is 0 Å². The number of fused-ring (bicyclic) bond motifs is 2. The minimum absolute atomic E-state index is 0. The highest BCUT2D eigenvalue weighted by molar-refractivity contribution is 7.17. The largest absolute Gasteiger partial charge is 0.354 e. The van der Waals surface area contributed by atoms with Crippen molar-refractivity contribution >= 4 is 51.5 Å². The fourth-order valence-corrected chi connectivity index (χ4v) is 5.14. The van der Waals surface area contributed by atoms with Gasteiger partial charge >= 0.3 is 0 Å². The molecule has 1 aromatic carbocycles. The number of pyridine rings is 1. The number of carbonyl (C=O) groups excluding carboxylic acids is 2. The van der Waals surface area contributed by atoms with Gasteiger partial charge in [0.2, 0.25) is 0 Å². The molecule has 0 unspecified atom stereocenters. The first-order valence-electron chi connectivity index (χ1n) is 10.5. The summed E-state index contributed by atoms with van der Waals surface area (Å²) >= 11 is 1.76. The summed E-state index contributed by atoms with van der Waals surface area (Å²) in [4.78, 5) is 35.7. The van der Waals surface area contributed by atoms with E-state index in [-0.39, 0.29) is 24.2 Å². The Balaban J connectivity index is 0.00000231. The van der Waals surface area contributed by atoms with Gasteiger partial charge in [-0.05, 0) is 49.0 Å². The predicted molar refractivity (Wildman–Crippen MR) is 127 cm³/mol. The van der Waals surface area contributed by atoms with E-state index in [4.69, 9.17) is 0 Å². The maximum absolute atomic E-state index is 12.4. The van der Waals surface area contributed by atoms with Crippen molar-refractivity contribution in [3.05, 3.63) is 59.1 Å². The lowest BCUT2D eigenvalue weighted by Gasteiger charge is -2.35. The zero-order valence-corrected chi connectivity index (χ0v) is 18.8. The molecule has 162 valence electrons. The molecule has 5 rings (SSSR count). The highest BCUT2D eigenvalue weighted by Gasteiger charge is 2.34. The van der Waals surface area contributed by atoms with Crippen LogP contribution in [-0.4, -0.2) is 65.9 Å². The number of amides is 2. The van der Waals surface area contributed by atoms with Crippen molar-refractivity contribution in [3.63, 3.8) is 0 Å². The smallest absolute Gasteiger partial charge is 0.261 e. The number of nitrogens with zero attached hydrogens (tertiary/aromatic N) is 4. The summed E-state index contributed by atoms with van der Waals surface area (Å²) < 4.78 is 1.29. The molecule has 8 heteroatoms. The van der Waals surface area contributed by atoms with Gasteiger partial charge in [0.05, 0.1) is 11.1 Å². The fraction of sp³-hybridized carbons (Fsp3) is 0.348. The minimum atomic E-state index is -0.153. The van der Waals surface area contributed by atoms with Gasteiger partial charge in [-0.15, -0.1) is 23.7 Å². The van der Waals surface area contributed by atoms with Gasteiger partial charge in [-0.2, -0.15) is 0 Å². The van der Waals surface area contributed by atoms with Crippen LogP contribution in [0.3, 0.4) is 0 Å². The number of imide groups is 1. The molecule has 2 amide bonds. The van der Waals surface area contributed by atoms with Gasteiger partial charge in [-0.3, -0.25) is 19.4 Å². The van der Waals surface area contributed by atoms with E-state index in [0.717, 1.165) is 51.4 Å². The lowest BCUT2D eigenvalue weighted by atomic mass is 10.1. The minimum Gasteiger partial charge on any atom is -0.354 e. The highest BCUT2D eigenvalue weighted by Crippen LogP contribution is 2.29. The van der Waals surface area contributed by atoms with E-state index in [0.29, 0.717) is 17.7 Å². The Hall–Kier alpha value is -2.48. The fourth-order valence-electron chi connectivity index (χ4n) is 4.36. The number of anilines is 1. The van der Waals surface area contributed by atoms with Crippen LogP contribution in [0.25, 0.3) is 10.1 Å². The number of hydrogen-bond acceptors (Lipinski definition) is 6. The second-order valence-electron chi connectivity index (χ2n) is 7.81. The average Bonchev–Trinajstić information content (AvgIpc) is 3.36. The molecule has 0 N–H and O–H groups in total. The summed E-state index contributed by atoms with van der Waals surface area (Å²) in [6.45, 7) is 5.45. The number of benzene rings is 1. The summed E-state index contributed by atoms with van der Waals surface area (Å²) in [6.07, 6.45) is 3.72. The SMILES string of the molecule is Cl.O=C1c2ccccc2C(=O)N1CCCCN1CCN(c2nccc3sccc23)CC1. The number of aromatic nitrogens is 1. The molecule has 6 nitrogen and oxygen atoms in total. The van der Waals surface area contributed by atoms with Crippen LogP contribution in [0.15, 0.2) is 48.0 Å². The van der Waals surface area contributed by atoms with Crippen molar-refractivity contribution in [2.24, 2.45) is 0 Å². The summed E-state index contributed by atoms with van der Waals surface area (Å²) in [5.41, 5.74) is 1.07. The number of hydrogen-bond donors (Lipinski definition) is 0. The summed E-state index contributed by atoms with van der Waals surface area (Å²) in [5.74, 6) is 0.790. The number of rotatable bonds is 6. The molecule has 4 heterocycles. The third kappa shape index (κ3) is 4.18. The average molecular weight is 457 g/mol. The number of unbranched alkanes of at least 4 members (excludes halogenated alkanes) is 1. The molecule has 0 aliphatic carbocycles. The van der Waals surface area contributed by atoms with E-state index in [1.165, 1.54) is 15.0 Å². The Kier molecular flexibility index (Phi) is 6.55. The Morgan fingerprint density at radius 2 is 1.55 bits per heavy atom. The highest BCUT2D eigenvalue weighted by atomic mass is 35.5. The molecule has 3 aromatic rings. The van der Waals surface area contributed by atoms with Crippen LogP contribution < -0.4 is 4.90 Å². The number of carbonyl (C=O) groups is 2.